The van der Waals surface area contributed by atoms with E-state index in [1.54, 1.807) is 0 Å². The number of hydrogen-bond acceptors (Lipinski definition) is 4. The number of amidine groups is 1. The minimum absolute atomic E-state index is 0.0215. The largest absolute Gasteiger partial charge is 0.303 e. The average Bonchev–Trinajstić information content (AvgIpc) is 2.90. The van der Waals surface area contributed by atoms with Crippen LogP contribution in [-0.4, -0.2) is 22.5 Å². The maximum absolute atomic E-state index is 11.1. The lowest BCUT2D eigenvalue weighted by Gasteiger charge is -2.04. The van der Waals surface area contributed by atoms with Crippen LogP contribution in [0.4, 0.5) is 0 Å². The lowest BCUT2D eigenvalue weighted by Crippen LogP contribution is -2.19. The van der Waals surface area contributed by atoms with Crippen LogP contribution in [0.15, 0.2) is 52.7 Å². The van der Waals surface area contributed by atoms with Crippen molar-refractivity contribution in [3.63, 3.8) is 0 Å². The molecule has 2 aromatic carbocycles. The van der Waals surface area contributed by atoms with E-state index < -0.39 is 0 Å². The topological polar surface area (TPSA) is 53.8 Å². The van der Waals surface area contributed by atoms with Crippen LogP contribution in [0, 0.1) is 0 Å². The molecule has 1 N–H and O–H groups in total. The third-order valence-electron chi connectivity index (χ3n) is 3.06. The summed E-state index contributed by atoms with van der Waals surface area (Å²) in [6.45, 7) is 1.92. The molecule has 1 heterocycles. The molecule has 0 aromatic heterocycles. The van der Waals surface area contributed by atoms with Crippen LogP contribution in [-0.2, 0) is 4.79 Å². The second-order valence-electron chi connectivity index (χ2n) is 4.45. The van der Waals surface area contributed by atoms with Crippen molar-refractivity contribution in [1.82, 2.24) is 5.32 Å². The molecular formula is C15H13N3OS. The van der Waals surface area contributed by atoms with E-state index in [0.717, 1.165) is 16.7 Å². The first kappa shape index (κ1) is 12.9. The molecule has 0 bridgehead atoms. The van der Waals surface area contributed by atoms with Gasteiger partial charge in [0.2, 0.25) is 5.91 Å². The Labute approximate surface area is 121 Å². The number of carbonyl (C=O) groups is 1. The van der Waals surface area contributed by atoms with Crippen molar-refractivity contribution in [3.05, 3.63) is 48.0 Å². The van der Waals surface area contributed by atoms with E-state index in [1.807, 2.05) is 31.2 Å². The molecule has 0 radical (unpaired) electrons. The van der Waals surface area contributed by atoms with Crippen molar-refractivity contribution in [1.29, 1.82) is 0 Å². The Balaban J connectivity index is 1.96. The molecule has 1 aliphatic rings. The fourth-order valence-electron chi connectivity index (χ4n) is 2.09. The Hall–Kier alpha value is -2.14. The van der Waals surface area contributed by atoms with Gasteiger partial charge in [-0.05, 0) is 17.7 Å². The van der Waals surface area contributed by atoms with Gasteiger partial charge < -0.3 is 5.32 Å². The first-order valence-corrected chi connectivity index (χ1v) is 7.25. The Morgan fingerprint density at radius 3 is 2.80 bits per heavy atom. The third-order valence-corrected chi connectivity index (χ3v) is 3.92. The molecule has 0 unspecified atom stereocenters. The molecule has 0 aliphatic carbocycles. The molecule has 1 aliphatic heterocycles. The predicted octanol–water partition coefficient (Wildman–Crippen LogP) is 2.78. The Morgan fingerprint density at radius 2 is 2.00 bits per heavy atom. The lowest BCUT2D eigenvalue weighted by molar-refractivity contribution is -0.116. The van der Waals surface area contributed by atoms with Gasteiger partial charge in [-0.1, -0.05) is 54.2 Å². The summed E-state index contributed by atoms with van der Waals surface area (Å²) < 4.78 is 0. The zero-order valence-electron chi connectivity index (χ0n) is 11.0. The molecule has 2 aromatic rings. The molecule has 1 saturated heterocycles. The van der Waals surface area contributed by atoms with E-state index in [2.05, 4.69) is 33.7 Å². The molecule has 0 spiro atoms. The maximum Gasteiger partial charge on any atom is 0.236 e. The summed E-state index contributed by atoms with van der Waals surface area (Å²) in [5, 5.41) is 13.9. The van der Waals surface area contributed by atoms with E-state index in [4.69, 9.17) is 0 Å². The van der Waals surface area contributed by atoms with Crippen molar-refractivity contribution >= 4 is 39.3 Å². The van der Waals surface area contributed by atoms with Gasteiger partial charge >= 0.3 is 0 Å². The monoisotopic (exact) mass is 283 g/mol. The Kier molecular flexibility index (Phi) is 3.52. The Bertz CT molecular complexity index is 731. The zero-order chi connectivity index (χ0) is 13.9. The predicted molar refractivity (Wildman–Crippen MR) is 84.2 cm³/mol. The first-order chi connectivity index (χ1) is 9.74. The SMILES string of the molecule is C/C(=N/N=C1NC(=O)CS1)c1cccc2ccccc12. The van der Waals surface area contributed by atoms with Gasteiger partial charge in [-0.2, -0.15) is 5.10 Å². The lowest BCUT2D eigenvalue weighted by atomic mass is 10.0. The number of rotatable bonds is 2. The second-order valence-corrected chi connectivity index (χ2v) is 5.42. The van der Waals surface area contributed by atoms with Crippen LogP contribution in [0.25, 0.3) is 10.8 Å². The highest BCUT2D eigenvalue weighted by molar-refractivity contribution is 8.15. The highest BCUT2D eigenvalue weighted by Gasteiger charge is 2.16. The number of hydrogen-bond donors (Lipinski definition) is 1. The molecule has 3 rings (SSSR count). The molecule has 0 saturated carbocycles. The van der Waals surface area contributed by atoms with Crippen LogP contribution < -0.4 is 5.32 Å². The summed E-state index contributed by atoms with van der Waals surface area (Å²) in [5.41, 5.74) is 1.89. The average molecular weight is 283 g/mol. The van der Waals surface area contributed by atoms with Crippen molar-refractivity contribution in [2.75, 3.05) is 5.75 Å². The van der Waals surface area contributed by atoms with Crippen molar-refractivity contribution in [3.8, 4) is 0 Å². The van der Waals surface area contributed by atoms with Gasteiger partial charge in [0, 0.05) is 5.56 Å². The highest BCUT2D eigenvalue weighted by atomic mass is 32.2. The van der Waals surface area contributed by atoms with Gasteiger partial charge in [-0.15, -0.1) is 5.10 Å². The van der Waals surface area contributed by atoms with Crippen LogP contribution in [0.5, 0.6) is 0 Å². The Morgan fingerprint density at radius 1 is 1.20 bits per heavy atom. The van der Waals surface area contributed by atoms with Gasteiger partial charge in [0.05, 0.1) is 11.5 Å². The van der Waals surface area contributed by atoms with Crippen LogP contribution in [0.2, 0.25) is 0 Å². The van der Waals surface area contributed by atoms with Crippen LogP contribution in [0.3, 0.4) is 0 Å². The number of benzene rings is 2. The minimum atomic E-state index is -0.0215. The smallest absolute Gasteiger partial charge is 0.236 e. The molecular weight excluding hydrogens is 270 g/mol. The molecule has 1 amide bonds. The summed E-state index contributed by atoms with van der Waals surface area (Å²) in [5.74, 6) is 0.397. The van der Waals surface area contributed by atoms with E-state index in [9.17, 15) is 4.79 Å². The summed E-state index contributed by atoms with van der Waals surface area (Å²) in [6.07, 6.45) is 0. The standard InChI is InChI=1S/C15H13N3OS/c1-10(17-18-15-16-14(19)9-20-15)12-8-4-6-11-5-2-3-7-13(11)12/h2-8H,9H2,1H3,(H,16,18,19)/b17-10-. The zero-order valence-corrected chi connectivity index (χ0v) is 11.8. The fraction of sp³-hybridized carbons (Fsp3) is 0.133. The molecule has 1 fully saturated rings. The number of amides is 1. The molecule has 20 heavy (non-hydrogen) atoms. The first-order valence-electron chi connectivity index (χ1n) is 6.27. The van der Waals surface area contributed by atoms with Gasteiger partial charge in [0.1, 0.15) is 0 Å². The van der Waals surface area contributed by atoms with Gasteiger partial charge in [0.15, 0.2) is 5.17 Å². The van der Waals surface area contributed by atoms with Crippen LogP contribution >= 0.6 is 11.8 Å². The van der Waals surface area contributed by atoms with E-state index in [-0.39, 0.29) is 5.91 Å². The van der Waals surface area contributed by atoms with E-state index in [0.29, 0.717) is 10.9 Å². The quantitative estimate of drug-likeness (QED) is 0.680. The number of nitrogens with zero attached hydrogens (tertiary/aromatic N) is 2. The van der Waals surface area contributed by atoms with E-state index in [1.165, 1.54) is 17.1 Å². The number of fused-ring (bicyclic) bond motifs is 1. The molecule has 0 atom stereocenters. The number of thioether (sulfide) groups is 1. The molecule has 5 heteroatoms. The van der Waals surface area contributed by atoms with Gasteiger partial charge in [-0.25, -0.2) is 0 Å². The maximum atomic E-state index is 11.1. The fourth-order valence-corrected chi connectivity index (χ4v) is 2.72. The summed E-state index contributed by atoms with van der Waals surface area (Å²) in [7, 11) is 0. The van der Waals surface area contributed by atoms with Gasteiger partial charge in [0.25, 0.3) is 0 Å². The number of nitrogens with one attached hydrogen (secondary N) is 1. The van der Waals surface area contributed by atoms with Gasteiger partial charge in [-0.3, -0.25) is 4.79 Å². The molecule has 4 nitrogen and oxygen atoms in total. The van der Waals surface area contributed by atoms with Crippen LogP contribution in [0.1, 0.15) is 12.5 Å². The molecule has 100 valence electrons. The normalized spacial score (nSPS) is 17.8. The minimum Gasteiger partial charge on any atom is -0.303 e. The highest BCUT2D eigenvalue weighted by Crippen LogP contribution is 2.19. The van der Waals surface area contributed by atoms with Crippen molar-refractivity contribution < 1.29 is 4.79 Å². The van der Waals surface area contributed by atoms with E-state index >= 15 is 0 Å². The van der Waals surface area contributed by atoms with Crippen molar-refractivity contribution in [2.45, 2.75) is 6.92 Å². The summed E-state index contributed by atoms with van der Waals surface area (Å²) >= 11 is 1.37. The summed E-state index contributed by atoms with van der Waals surface area (Å²) in [6, 6.07) is 14.3. The number of carbonyl (C=O) groups excluding carboxylic acids is 1. The van der Waals surface area contributed by atoms with Crippen molar-refractivity contribution in [2.24, 2.45) is 10.2 Å². The second kappa shape index (κ2) is 5.46. The summed E-state index contributed by atoms with van der Waals surface area (Å²) in [4.78, 5) is 11.1. The third kappa shape index (κ3) is 2.58.